The number of nitrogens with zero attached hydrogens (tertiary/aromatic N) is 3. The van der Waals surface area contributed by atoms with E-state index in [1.807, 2.05) is 77.9 Å². The number of allylic oxidation sites excluding steroid dienone is 1. The first kappa shape index (κ1) is 28.9. The zero-order valence-electron chi connectivity index (χ0n) is 23.7. The molecule has 42 heavy (non-hydrogen) atoms. The number of methoxy groups -OCH3 is 2. The molecule has 0 unspecified atom stereocenters. The molecular weight excluding hydrogens is 552 g/mol. The third-order valence-corrected chi connectivity index (χ3v) is 7.84. The van der Waals surface area contributed by atoms with Crippen molar-refractivity contribution in [2.24, 2.45) is 4.99 Å². The van der Waals surface area contributed by atoms with Crippen LogP contribution >= 0.6 is 11.8 Å². The summed E-state index contributed by atoms with van der Waals surface area (Å²) in [5.74, 6) is 0.491. The number of nitrogens with one attached hydrogen (secondary N) is 1. The third kappa shape index (κ3) is 6.33. The highest BCUT2D eigenvalue weighted by Crippen LogP contribution is 2.46. The first-order chi connectivity index (χ1) is 20.5. The summed E-state index contributed by atoms with van der Waals surface area (Å²) in [4.78, 5) is 37.0. The fourth-order valence-corrected chi connectivity index (χ4v) is 5.80. The zero-order valence-corrected chi connectivity index (χ0v) is 24.5. The van der Waals surface area contributed by atoms with E-state index >= 15 is 0 Å². The Bertz CT molecular complexity index is 1540. The van der Waals surface area contributed by atoms with E-state index in [9.17, 15) is 9.59 Å². The lowest BCUT2D eigenvalue weighted by Crippen LogP contribution is -2.38. The van der Waals surface area contributed by atoms with Crippen molar-refractivity contribution in [2.75, 3.05) is 14.2 Å². The van der Waals surface area contributed by atoms with Gasteiger partial charge in [0.15, 0.2) is 16.7 Å². The Labute approximate surface area is 249 Å². The van der Waals surface area contributed by atoms with Gasteiger partial charge in [-0.3, -0.25) is 9.78 Å². The highest BCUT2D eigenvalue weighted by molar-refractivity contribution is 8.16. The van der Waals surface area contributed by atoms with Crippen molar-refractivity contribution < 1.29 is 23.8 Å². The highest BCUT2D eigenvalue weighted by atomic mass is 32.2. The van der Waals surface area contributed by atoms with E-state index in [1.165, 1.54) is 18.9 Å². The number of pyridine rings is 1. The van der Waals surface area contributed by atoms with Gasteiger partial charge in [-0.2, -0.15) is 0 Å². The summed E-state index contributed by atoms with van der Waals surface area (Å²) in [5.41, 5.74) is 4.57. The standard InChI is InChI=1S/C32H32N4O5S/c1-4-25-29(31(38)40-3)30(23-10-11-26(27(16-23)39-2)41-19-22-8-6-5-7-9-22)36-24(20-42-32(36)35-25)17-28(37)34-18-21-12-14-33-15-13-21/h5-16,20,30H,4,17-19H2,1-3H3,(H,34,37)/t30-/m1/s1. The van der Waals surface area contributed by atoms with Gasteiger partial charge in [-0.15, -0.1) is 0 Å². The van der Waals surface area contributed by atoms with Gasteiger partial charge in [-0.1, -0.05) is 55.1 Å². The maximum Gasteiger partial charge on any atom is 0.338 e. The average molecular weight is 585 g/mol. The van der Waals surface area contributed by atoms with Crippen molar-refractivity contribution in [1.29, 1.82) is 0 Å². The molecule has 1 atom stereocenters. The fourth-order valence-electron chi connectivity index (χ4n) is 4.86. The van der Waals surface area contributed by atoms with Gasteiger partial charge in [0.1, 0.15) is 6.61 Å². The van der Waals surface area contributed by atoms with E-state index in [1.54, 1.807) is 19.5 Å². The van der Waals surface area contributed by atoms with Crippen LogP contribution < -0.4 is 14.8 Å². The van der Waals surface area contributed by atoms with Crippen LogP contribution in [0.5, 0.6) is 11.5 Å². The number of thioether (sulfide) groups is 1. The Hall–Kier alpha value is -4.57. The van der Waals surface area contributed by atoms with Crippen molar-refractivity contribution in [3.8, 4) is 11.5 Å². The zero-order chi connectivity index (χ0) is 29.5. The summed E-state index contributed by atoms with van der Waals surface area (Å²) < 4.78 is 17.0. The monoisotopic (exact) mass is 584 g/mol. The van der Waals surface area contributed by atoms with Gasteiger partial charge in [-0.25, -0.2) is 9.79 Å². The molecule has 216 valence electrons. The van der Waals surface area contributed by atoms with E-state index in [2.05, 4.69) is 10.3 Å². The number of aliphatic imine (C=N–C) groups is 1. The molecule has 1 aromatic heterocycles. The number of hydrogen-bond donors (Lipinski definition) is 1. The number of carbonyl (C=O) groups excluding carboxylic acids is 2. The van der Waals surface area contributed by atoms with Crippen LogP contribution in [0.2, 0.25) is 0 Å². The number of amidine groups is 1. The molecule has 0 bridgehead atoms. The van der Waals surface area contributed by atoms with Crippen molar-refractivity contribution in [1.82, 2.24) is 15.2 Å². The molecule has 10 heteroatoms. The number of carbonyl (C=O) groups is 2. The van der Waals surface area contributed by atoms with Crippen LogP contribution in [0.4, 0.5) is 0 Å². The van der Waals surface area contributed by atoms with Crippen LogP contribution in [0.15, 0.2) is 100 Å². The third-order valence-electron chi connectivity index (χ3n) is 6.95. The molecule has 2 aliphatic heterocycles. The predicted molar refractivity (Wildman–Crippen MR) is 161 cm³/mol. The quantitative estimate of drug-likeness (QED) is 0.294. The number of amides is 1. The highest BCUT2D eigenvalue weighted by Gasteiger charge is 2.41. The largest absolute Gasteiger partial charge is 0.493 e. The molecule has 0 saturated heterocycles. The summed E-state index contributed by atoms with van der Waals surface area (Å²) in [6.45, 7) is 2.73. The van der Waals surface area contributed by atoms with Crippen molar-refractivity contribution in [2.45, 2.75) is 39.0 Å². The molecule has 1 N–H and O–H groups in total. The number of esters is 1. The molecule has 9 nitrogen and oxygen atoms in total. The Morgan fingerprint density at radius 3 is 2.50 bits per heavy atom. The number of benzene rings is 2. The second-order valence-electron chi connectivity index (χ2n) is 9.59. The number of rotatable bonds is 11. The maximum absolute atomic E-state index is 13.2. The van der Waals surface area contributed by atoms with Crippen LogP contribution in [-0.2, 0) is 27.5 Å². The van der Waals surface area contributed by atoms with Gasteiger partial charge in [0.25, 0.3) is 0 Å². The minimum atomic E-state index is -0.578. The van der Waals surface area contributed by atoms with Crippen molar-refractivity contribution in [3.63, 3.8) is 0 Å². The smallest absolute Gasteiger partial charge is 0.338 e. The maximum atomic E-state index is 13.2. The average Bonchev–Trinajstić information content (AvgIpc) is 3.44. The molecule has 2 aliphatic rings. The van der Waals surface area contributed by atoms with Crippen LogP contribution in [-0.4, -0.2) is 41.1 Å². The molecule has 1 amide bonds. The summed E-state index contributed by atoms with van der Waals surface area (Å²) in [7, 11) is 2.95. The number of fused-ring (bicyclic) bond motifs is 1. The Balaban J connectivity index is 1.44. The number of ether oxygens (including phenoxy) is 3. The van der Waals surface area contributed by atoms with Gasteiger partial charge < -0.3 is 24.4 Å². The van der Waals surface area contributed by atoms with Crippen LogP contribution in [0.1, 0.15) is 42.5 Å². The Morgan fingerprint density at radius 1 is 1.00 bits per heavy atom. The molecule has 3 heterocycles. The fraction of sp³-hybridized carbons (Fsp3) is 0.250. The van der Waals surface area contributed by atoms with E-state index in [0.29, 0.717) is 47.5 Å². The van der Waals surface area contributed by atoms with Crippen LogP contribution in [0.25, 0.3) is 0 Å². The van der Waals surface area contributed by atoms with Gasteiger partial charge in [0.05, 0.1) is 38.0 Å². The van der Waals surface area contributed by atoms with Gasteiger partial charge in [-0.05, 0) is 52.8 Å². The lowest BCUT2D eigenvalue weighted by Gasteiger charge is -2.36. The summed E-state index contributed by atoms with van der Waals surface area (Å²) in [6.07, 6.45) is 4.03. The van der Waals surface area contributed by atoms with Gasteiger partial charge in [0.2, 0.25) is 5.91 Å². The second-order valence-corrected chi connectivity index (χ2v) is 10.4. The van der Waals surface area contributed by atoms with Crippen molar-refractivity contribution >= 4 is 28.8 Å². The molecular formula is C32H32N4O5S. The minimum absolute atomic E-state index is 0.110. The number of aromatic nitrogens is 1. The summed E-state index contributed by atoms with van der Waals surface area (Å²) in [6, 6.07) is 18.6. The van der Waals surface area contributed by atoms with Gasteiger partial charge >= 0.3 is 5.97 Å². The van der Waals surface area contributed by atoms with E-state index in [4.69, 9.17) is 19.2 Å². The Kier molecular flexibility index (Phi) is 9.23. The normalized spacial score (nSPS) is 15.9. The van der Waals surface area contributed by atoms with Crippen LogP contribution in [0.3, 0.4) is 0 Å². The molecule has 3 aromatic rings. The Morgan fingerprint density at radius 2 is 1.79 bits per heavy atom. The summed E-state index contributed by atoms with van der Waals surface area (Å²) in [5, 5.41) is 5.59. The number of hydrogen-bond acceptors (Lipinski definition) is 9. The van der Waals surface area contributed by atoms with Gasteiger partial charge in [0, 0.05) is 24.6 Å². The molecule has 0 fully saturated rings. The topological polar surface area (TPSA) is 102 Å². The first-order valence-electron chi connectivity index (χ1n) is 13.6. The molecule has 0 spiro atoms. The minimum Gasteiger partial charge on any atom is -0.493 e. The lowest BCUT2D eigenvalue weighted by molar-refractivity contribution is -0.136. The van der Waals surface area contributed by atoms with E-state index in [0.717, 1.165) is 22.4 Å². The second kappa shape index (κ2) is 13.4. The lowest BCUT2D eigenvalue weighted by atomic mass is 9.92. The molecule has 0 saturated carbocycles. The van der Waals surface area contributed by atoms with Crippen LogP contribution in [0, 0.1) is 0 Å². The SMILES string of the molecule is CCC1=C(C(=O)OC)[C@@H](c2ccc(OCc3ccccc3)c(OC)c2)N2C(CC(=O)NCc3ccncc3)=CSC2=N1. The predicted octanol–water partition coefficient (Wildman–Crippen LogP) is 5.51. The van der Waals surface area contributed by atoms with E-state index < -0.39 is 12.0 Å². The molecule has 0 aliphatic carbocycles. The summed E-state index contributed by atoms with van der Waals surface area (Å²) >= 11 is 1.43. The first-order valence-corrected chi connectivity index (χ1v) is 14.5. The molecule has 2 aromatic carbocycles. The molecule has 5 rings (SSSR count). The van der Waals surface area contributed by atoms with Crippen molar-refractivity contribution in [3.05, 3.63) is 112 Å². The van der Waals surface area contributed by atoms with E-state index in [-0.39, 0.29) is 12.3 Å². The molecule has 0 radical (unpaired) electrons.